The molecule has 0 unspecified atom stereocenters. The van der Waals surface area contributed by atoms with Crippen LogP contribution in [0.15, 0.2) is 58.1 Å². The maximum Gasteiger partial charge on any atom is 0.335 e. The minimum atomic E-state index is -0.950. The van der Waals surface area contributed by atoms with Crippen molar-refractivity contribution >= 4 is 23.2 Å². The molecule has 38 heavy (non-hydrogen) atoms. The Kier molecular flexibility index (Phi) is 7.24. The van der Waals surface area contributed by atoms with Gasteiger partial charge in [-0.05, 0) is 50.2 Å². The number of benzene rings is 2. The van der Waals surface area contributed by atoms with E-state index >= 15 is 0 Å². The van der Waals surface area contributed by atoms with Crippen molar-refractivity contribution in [2.24, 2.45) is 14.1 Å². The van der Waals surface area contributed by atoms with E-state index in [0.29, 0.717) is 19.0 Å². The first-order valence-electron chi connectivity index (χ1n) is 12.9. The second kappa shape index (κ2) is 10.7. The lowest BCUT2D eigenvalue weighted by molar-refractivity contribution is 0.0697. The van der Waals surface area contributed by atoms with Crippen molar-refractivity contribution in [1.29, 1.82) is 0 Å². The third kappa shape index (κ3) is 5.04. The Morgan fingerprint density at radius 2 is 1.74 bits per heavy atom. The molecule has 3 aromatic rings. The van der Waals surface area contributed by atoms with Gasteiger partial charge < -0.3 is 24.5 Å². The number of para-hydroxylation sites is 2. The summed E-state index contributed by atoms with van der Waals surface area (Å²) in [5.74, 6) is 0.492. The summed E-state index contributed by atoms with van der Waals surface area (Å²) in [4.78, 5) is 43.0. The molecule has 1 fully saturated rings. The molecule has 3 heterocycles. The van der Waals surface area contributed by atoms with Crippen molar-refractivity contribution in [3.8, 4) is 5.75 Å². The molecule has 10 nitrogen and oxygen atoms in total. The predicted molar refractivity (Wildman–Crippen MR) is 146 cm³/mol. The molecule has 0 aliphatic carbocycles. The van der Waals surface area contributed by atoms with E-state index in [2.05, 4.69) is 14.7 Å². The topological polar surface area (TPSA) is 100 Å². The fourth-order valence-electron chi connectivity index (χ4n) is 5.30. The summed E-state index contributed by atoms with van der Waals surface area (Å²) in [6.07, 6.45) is 1.80. The number of carboxylic acids is 1. The number of ether oxygens (including phenoxy) is 1. The highest BCUT2D eigenvalue weighted by Gasteiger charge is 2.24. The highest BCUT2D eigenvalue weighted by atomic mass is 16.5. The number of fused-ring (bicyclic) bond motifs is 2. The van der Waals surface area contributed by atoms with E-state index in [0.717, 1.165) is 72.8 Å². The maximum absolute atomic E-state index is 12.4. The fourth-order valence-corrected chi connectivity index (χ4v) is 5.30. The summed E-state index contributed by atoms with van der Waals surface area (Å²) < 4.78 is 8.72. The van der Waals surface area contributed by atoms with Crippen LogP contribution in [0.4, 0.5) is 17.2 Å². The summed E-state index contributed by atoms with van der Waals surface area (Å²) >= 11 is 0. The van der Waals surface area contributed by atoms with E-state index in [1.54, 1.807) is 29.8 Å². The molecule has 10 heteroatoms. The van der Waals surface area contributed by atoms with Crippen LogP contribution in [-0.4, -0.2) is 64.4 Å². The van der Waals surface area contributed by atoms with Crippen LogP contribution in [0.3, 0.4) is 0 Å². The maximum atomic E-state index is 12.4. The number of carboxylic acid groups (broad SMARTS) is 1. The second-order valence-electron chi connectivity index (χ2n) is 9.83. The number of aromatic nitrogens is 2. The molecule has 0 saturated carbocycles. The minimum absolute atomic E-state index is 0.255. The van der Waals surface area contributed by atoms with E-state index in [-0.39, 0.29) is 16.8 Å². The largest absolute Gasteiger partial charge is 0.487 e. The van der Waals surface area contributed by atoms with E-state index in [1.165, 1.54) is 7.05 Å². The van der Waals surface area contributed by atoms with Gasteiger partial charge in [0.15, 0.2) is 0 Å². The first-order valence-corrected chi connectivity index (χ1v) is 12.9. The fraction of sp³-hybridized carbons (Fsp3) is 0.393. The number of hydrogen-bond acceptors (Lipinski definition) is 7. The third-order valence-electron chi connectivity index (χ3n) is 7.43. The average Bonchev–Trinajstić information content (AvgIpc) is 3.24. The van der Waals surface area contributed by atoms with Crippen LogP contribution in [0.2, 0.25) is 0 Å². The summed E-state index contributed by atoms with van der Waals surface area (Å²) in [6, 6.07) is 14.6. The van der Waals surface area contributed by atoms with Crippen molar-refractivity contribution in [3.63, 3.8) is 0 Å². The molecular formula is C28H33N5O5. The van der Waals surface area contributed by atoms with Crippen LogP contribution < -0.4 is 25.8 Å². The van der Waals surface area contributed by atoms with E-state index < -0.39 is 5.97 Å². The highest BCUT2D eigenvalue weighted by Crippen LogP contribution is 2.39. The first-order chi connectivity index (χ1) is 18.3. The van der Waals surface area contributed by atoms with Gasteiger partial charge in [0, 0.05) is 57.6 Å². The van der Waals surface area contributed by atoms with Crippen LogP contribution in [0.25, 0.3) is 0 Å². The number of nitrogens with zero attached hydrogens (tertiary/aromatic N) is 5. The van der Waals surface area contributed by atoms with Gasteiger partial charge in [0.2, 0.25) is 0 Å². The van der Waals surface area contributed by atoms with Crippen LogP contribution in [0.5, 0.6) is 5.75 Å². The normalized spacial score (nSPS) is 15.7. The number of aromatic carboxylic acids is 1. The van der Waals surface area contributed by atoms with E-state index in [9.17, 15) is 19.5 Å². The molecule has 0 amide bonds. The zero-order valence-electron chi connectivity index (χ0n) is 21.8. The van der Waals surface area contributed by atoms with E-state index in [4.69, 9.17) is 4.74 Å². The van der Waals surface area contributed by atoms with Crippen molar-refractivity contribution in [2.45, 2.75) is 19.4 Å². The number of anilines is 3. The molecule has 2 aromatic carbocycles. The smallest absolute Gasteiger partial charge is 0.335 e. The van der Waals surface area contributed by atoms with E-state index in [1.807, 2.05) is 30.3 Å². The Morgan fingerprint density at radius 1 is 0.921 bits per heavy atom. The summed E-state index contributed by atoms with van der Waals surface area (Å²) in [5, 5.41) is 9.58. The molecule has 2 aliphatic heterocycles. The quantitative estimate of drug-likeness (QED) is 0.530. The van der Waals surface area contributed by atoms with Gasteiger partial charge in [0.1, 0.15) is 18.2 Å². The minimum Gasteiger partial charge on any atom is -0.487 e. The molecule has 0 radical (unpaired) electrons. The number of rotatable bonds is 6. The third-order valence-corrected chi connectivity index (χ3v) is 7.43. The van der Waals surface area contributed by atoms with Gasteiger partial charge in [-0.1, -0.05) is 18.2 Å². The second-order valence-corrected chi connectivity index (χ2v) is 9.83. The molecule has 1 N–H and O–H groups in total. The molecular weight excluding hydrogens is 486 g/mol. The van der Waals surface area contributed by atoms with Gasteiger partial charge in [-0.3, -0.25) is 13.9 Å². The number of carbonyl (C=O) groups is 1. The van der Waals surface area contributed by atoms with Crippen LogP contribution in [-0.2, 0) is 20.7 Å². The molecule has 0 atom stereocenters. The lowest BCUT2D eigenvalue weighted by atomic mass is 10.1. The van der Waals surface area contributed by atoms with Gasteiger partial charge in [-0.15, -0.1) is 0 Å². The Balaban J connectivity index is 1.29. The SMILES string of the molecule is Cn1c(N2CCCN(CCCN3c4cc(C(=O)O)ccc4COc4ccccc43)CC2)cc(=O)n(C)c1=O. The molecule has 200 valence electrons. The lowest BCUT2D eigenvalue weighted by Gasteiger charge is -2.28. The van der Waals surface area contributed by atoms with Crippen molar-refractivity contribution in [2.75, 3.05) is 49.1 Å². The molecule has 1 aromatic heterocycles. The standard InChI is InChI=1S/C28H33N5O5/c1-29-25(18-26(34)30(2)28(29)37)32-13-5-11-31(15-16-32)12-6-14-33-22-7-3-4-8-24(22)38-19-21-10-9-20(27(35)36)17-23(21)33/h3-4,7-10,17-18H,5-6,11-16,19H2,1-2H3,(H,35,36). The summed E-state index contributed by atoms with van der Waals surface area (Å²) in [5.41, 5.74) is 2.40. The molecule has 0 spiro atoms. The summed E-state index contributed by atoms with van der Waals surface area (Å²) in [7, 11) is 3.20. The van der Waals surface area contributed by atoms with Crippen molar-refractivity contribution in [1.82, 2.24) is 14.0 Å². The van der Waals surface area contributed by atoms with Gasteiger partial charge in [0.05, 0.1) is 11.3 Å². The predicted octanol–water partition coefficient (Wildman–Crippen LogP) is 2.42. The number of hydrogen-bond donors (Lipinski definition) is 1. The molecule has 1 saturated heterocycles. The lowest BCUT2D eigenvalue weighted by Crippen LogP contribution is -2.41. The van der Waals surface area contributed by atoms with Gasteiger partial charge in [-0.25, -0.2) is 9.59 Å². The van der Waals surface area contributed by atoms with Crippen LogP contribution in [0, 0.1) is 0 Å². The molecule has 2 aliphatic rings. The Labute approximate surface area is 220 Å². The van der Waals surface area contributed by atoms with Gasteiger partial charge >= 0.3 is 11.7 Å². The zero-order valence-corrected chi connectivity index (χ0v) is 21.8. The Bertz CT molecular complexity index is 1460. The van der Waals surface area contributed by atoms with Crippen LogP contribution in [0.1, 0.15) is 28.8 Å². The Morgan fingerprint density at radius 3 is 2.55 bits per heavy atom. The zero-order chi connectivity index (χ0) is 26.8. The molecule has 0 bridgehead atoms. The monoisotopic (exact) mass is 519 g/mol. The highest BCUT2D eigenvalue weighted by molar-refractivity contribution is 5.90. The van der Waals surface area contributed by atoms with Gasteiger partial charge in [0.25, 0.3) is 5.56 Å². The average molecular weight is 520 g/mol. The van der Waals surface area contributed by atoms with Crippen molar-refractivity contribution < 1.29 is 14.6 Å². The van der Waals surface area contributed by atoms with Crippen molar-refractivity contribution in [3.05, 3.63) is 80.5 Å². The Hall–Kier alpha value is -4.05. The van der Waals surface area contributed by atoms with Gasteiger partial charge in [-0.2, -0.15) is 0 Å². The first kappa shape index (κ1) is 25.6. The molecule has 5 rings (SSSR count). The van der Waals surface area contributed by atoms with Crippen LogP contribution >= 0.6 is 0 Å². The summed E-state index contributed by atoms with van der Waals surface area (Å²) in [6.45, 7) is 5.22.